The van der Waals surface area contributed by atoms with Gasteiger partial charge >= 0.3 is 16.4 Å². The van der Waals surface area contributed by atoms with Crippen LogP contribution in [0.25, 0.3) is 0 Å². The lowest BCUT2D eigenvalue weighted by atomic mass is 9.63. The van der Waals surface area contributed by atoms with E-state index in [0.29, 0.717) is 10.8 Å². The van der Waals surface area contributed by atoms with Crippen LogP contribution in [-0.2, 0) is 26.0 Å². The molecule has 1 N–H and O–H groups in total. The van der Waals surface area contributed by atoms with Gasteiger partial charge in [0.15, 0.2) is 0 Å². The first-order valence-electron chi connectivity index (χ1n) is 10.3. The number of aryl methyl sites for hydroxylation is 1. The molecule has 0 heterocycles. The highest BCUT2D eigenvalue weighted by Gasteiger charge is 2.36. The molecule has 7 heteroatoms. The third kappa shape index (κ3) is 6.80. The Kier molecular flexibility index (Phi) is 7.55. The van der Waals surface area contributed by atoms with E-state index in [-0.39, 0.29) is 17.9 Å². The monoisotopic (exact) mass is 448 g/mol. The van der Waals surface area contributed by atoms with Crippen molar-refractivity contribution in [3.8, 4) is 5.75 Å². The lowest BCUT2D eigenvalue weighted by Crippen LogP contribution is -2.33. The largest absolute Gasteiger partial charge is 0.462 e. The van der Waals surface area contributed by atoms with Gasteiger partial charge in [-0.3, -0.25) is 4.55 Å². The van der Waals surface area contributed by atoms with Crippen LogP contribution in [0.1, 0.15) is 74.5 Å². The van der Waals surface area contributed by atoms with Crippen LogP contribution in [0.3, 0.4) is 0 Å². The van der Waals surface area contributed by atoms with Gasteiger partial charge in [0, 0.05) is 0 Å². The van der Waals surface area contributed by atoms with Gasteiger partial charge in [-0.05, 0) is 72.9 Å². The number of fused-ring (bicyclic) bond motifs is 1. The molecule has 0 radical (unpaired) electrons. The van der Waals surface area contributed by atoms with Gasteiger partial charge in [-0.2, -0.15) is 8.42 Å². The third-order valence-corrected chi connectivity index (χ3v) is 5.98. The van der Waals surface area contributed by atoms with Crippen molar-refractivity contribution in [2.24, 2.45) is 0 Å². The Balaban J connectivity index is 0.000000220. The summed E-state index contributed by atoms with van der Waals surface area (Å²) >= 11 is 0. The standard InChI is InChI=1S/C15H22.C9H10O6S/c1-11-6-7-12-13(10-11)15(4,5)9-8-14(12,2)3;1-2-14-9(10)7-3-5-8(6-4-7)15-16(11,12)13/h6-7,10H,8-9H2,1-5H3;3-6H,2H2,1H3,(H,11,12,13). The van der Waals surface area contributed by atoms with Crippen molar-refractivity contribution in [2.75, 3.05) is 6.61 Å². The zero-order chi connectivity index (χ0) is 23.4. The van der Waals surface area contributed by atoms with Crippen LogP contribution in [0, 0.1) is 6.92 Å². The van der Waals surface area contributed by atoms with E-state index in [4.69, 9.17) is 9.29 Å². The molecule has 31 heavy (non-hydrogen) atoms. The predicted octanol–water partition coefficient (Wildman–Crippen LogP) is 5.39. The molecule has 0 aliphatic heterocycles. The van der Waals surface area contributed by atoms with Crippen molar-refractivity contribution in [3.05, 3.63) is 64.7 Å². The molecule has 170 valence electrons. The molecule has 0 unspecified atom stereocenters. The summed E-state index contributed by atoms with van der Waals surface area (Å²) in [4.78, 5) is 11.2. The first kappa shape index (κ1) is 24.9. The minimum Gasteiger partial charge on any atom is -0.462 e. The van der Waals surface area contributed by atoms with Crippen LogP contribution in [0.2, 0.25) is 0 Å². The molecule has 0 atom stereocenters. The van der Waals surface area contributed by atoms with E-state index in [0.717, 1.165) is 0 Å². The van der Waals surface area contributed by atoms with E-state index >= 15 is 0 Å². The molecule has 2 aromatic rings. The number of esters is 1. The second kappa shape index (κ2) is 9.40. The molecule has 0 saturated heterocycles. The van der Waals surface area contributed by atoms with Gasteiger partial charge in [0.2, 0.25) is 0 Å². The van der Waals surface area contributed by atoms with Crippen molar-refractivity contribution in [2.45, 2.75) is 65.2 Å². The molecule has 0 fully saturated rings. The second-order valence-electron chi connectivity index (χ2n) is 9.07. The van der Waals surface area contributed by atoms with Gasteiger partial charge in [-0.1, -0.05) is 51.5 Å². The fourth-order valence-electron chi connectivity index (χ4n) is 3.69. The van der Waals surface area contributed by atoms with E-state index in [1.54, 1.807) is 18.1 Å². The molecular formula is C24H32O6S. The fourth-order valence-corrected chi connectivity index (χ4v) is 4.04. The van der Waals surface area contributed by atoms with E-state index in [9.17, 15) is 13.2 Å². The van der Waals surface area contributed by atoms with Gasteiger partial charge in [-0.25, -0.2) is 4.79 Å². The Morgan fingerprint density at radius 2 is 1.52 bits per heavy atom. The van der Waals surface area contributed by atoms with E-state index in [1.165, 1.54) is 42.7 Å². The molecule has 3 rings (SSSR count). The van der Waals surface area contributed by atoms with Gasteiger partial charge in [-0.15, -0.1) is 0 Å². The molecule has 1 aliphatic rings. The maximum Gasteiger partial charge on any atom is 0.446 e. The summed E-state index contributed by atoms with van der Waals surface area (Å²) in [5, 5.41) is 0. The highest BCUT2D eigenvalue weighted by molar-refractivity contribution is 7.81. The molecule has 0 aromatic heterocycles. The lowest BCUT2D eigenvalue weighted by Gasteiger charge is -2.42. The summed E-state index contributed by atoms with van der Waals surface area (Å²) in [5.41, 5.74) is 5.50. The van der Waals surface area contributed by atoms with Crippen molar-refractivity contribution in [3.63, 3.8) is 0 Å². The smallest absolute Gasteiger partial charge is 0.446 e. The predicted molar refractivity (Wildman–Crippen MR) is 121 cm³/mol. The summed E-state index contributed by atoms with van der Waals surface area (Å²) in [7, 11) is -4.54. The van der Waals surface area contributed by atoms with Crippen molar-refractivity contribution < 1.29 is 26.7 Å². The highest BCUT2D eigenvalue weighted by Crippen LogP contribution is 2.45. The number of carbonyl (C=O) groups excluding carboxylic acids is 1. The van der Waals surface area contributed by atoms with E-state index < -0.39 is 16.4 Å². The molecule has 0 bridgehead atoms. The minimum absolute atomic E-state index is 0.0875. The summed E-state index contributed by atoms with van der Waals surface area (Å²) in [6, 6.07) is 12.1. The first-order valence-corrected chi connectivity index (χ1v) is 11.7. The van der Waals surface area contributed by atoms with Crippen LogP contribution in [-0.4, -0.2) is 25.5 Å². The summed E-state index contributed by atoms with van der Waals surface area (Å²) in [6.45, 7) is 13.6. The van der Waals surface area contributed by atoms with Crippen LogP contribution >= 0.6 is 0 Å². The van der Waals surface area contributed by atoms with E-state index in [2.05, 4.69) is 57.0 Å². The fraction of sp³-hybridized carbons (Fsp3) is 0.458. The molecule has 6 nitrogen and oxygen atoms in total. The summed E-state index contributed by atoms with van der Waals surface area (Å²) < 4.78 is 38.0. The molecule has 0 amide bonds. The highest BCUT2D eigenvalue weighted by atomic mass is 32.3. The number of benzene rings is 2. The molecule has 2 aromatic carbocycles. The number of carbonyl (C=O) groups is 1. The van der Waals surface area contributed by atoms with Gasteiger partial charge in [0.25, 0.3) is 0 Å². The Labute approximate surface area is 185 Å². The number of hydrogen-bond acceptors (Lipinski definition) is 5. The Morgan fingerprint density at radius 1 is 0.968 bits per heavy atom. The molecule has 1 aliphatic carbocycles. The zero-order valence-corrected chi connectivity index (χ0v) is 19.9. The minimum atomic E-state index is -4.54. The Bertz CT molecular complexity index is 1020. The normalized spacial score (nSPS) is 16.4. The Hall–Kier alpha value is -2.38. The van der Waals surface area contributed by atoms with Crippen LogP contribution < -0.4 is 4.18 Å². The third-order valence-electron chi connectivity index (χ3n) is 5.58. The topological polar surface area (TPSA) is 89.9 Å². The van der Waals surface area contributed by atoms with E-state index in [1.807, 2.05) is 0 Å². The average Bonchev–Trinajstić information content (AvgIpc) is 2.65. The maximum absolute atomic E-state index is 11.2. The van der Waals surface area contributed by atoms with Gasteiger partial charge in [0.1, 0.15) is 5.75 Å². The SMILES string of the molecule is CCOC(=O)c1ccc(OS(=O)(=O)O)cc1.Cc1ccc2c(c1)C(C)(C)CCC2(C)C. The summed E-state index contributed by atoms with van der Waals surface area (Å²) in [5.74, 6) is -0.601. The zero-order valence-electron chi connectivity index (χ0n) is 19.1. The van der Waals surface area contributed by atoms with Crippen LogP contribution in [0.5, 0.6) is 5.75 Å². The van der Waals surface area contributed by atoms with Gasteiger partial charge in [0.05, 0.1) is 12.2 Å². The number of rotatable bonds is 4. The lowest BCUT2D eigenvalue weighted by molar-refractivity contribution is 0.0526. The average molecular weight is 449 g/mol. The maximum atomic E-state index is 11.2. The number of ether oxygens (including phenoxy) is 1. The second-order valence-corrected chi connectivity index (χ2v) is 10.1. The van der Waals surface area contributed by atoms with Crippen molar-refractivity contribution >= 4 is 16.4 Å². The molecule has 0 spiro atoms. The number of hydrogen-bond donors (Lipinski definition) is 1. The van der Waals surface area contributed by atoms with Crippen molar-refractivity contribution in [1.82, 2.24) is 0 Å². The van der Waals surface area contributed by atoms with Crippen LogP contribution in [0.15, 0.2) is 42.5 Å². The molecular weight excluding hydrogens is 416 g/mol. The van der Waals surface area contributed by atoms with Gasteiger partial charge < -0.3 is 8.92 Å². The quantitative estimate of drug-likeness (QED) is 0.498. The summed E-state index contributed by atoms with van der Waals surface area (Å²) in [6.07, 6.45) is 2.60. The van der Waals surface area contributed by atoms with Crippen molar-refractivity contribution in [1.29, 1.82) is 0 Å². The molecule has 0 saturated carbocycles. The van der Waals surface area contributed by atoms with Crippen LogP contribution in [0.4, 0.5) is 0 Å². The first-order chi connectivity index (χ1) is 14.2. The Morgan fingerprint density at radius 3 is 2.03 bits per heavy atom.